The quantitative estimate of drug-likeness (QED) is 0.194. The molecule has 5 rings (SSSR count). The highest BCUT2D eigenvalue weighted by atomic mass is 19.3. The van der Waals surface area contributed by atoms with Crippen LogP contribution >= 0.6 is 0 Å². The van der Waals surface area contributed by atoms with Crippen molar-refractivity contribution < 1.29 is 32.6 Å². The van der Waals surface area contributed by atoms with Crippen LogP contribution in [0.2, 0.25) is 0 Å². The summed E-state index contributed by atoms with van der Waals surface area (Å²) in [7, 11) is 0. The second-order valence-electron chi connectivity index (χ2n) is 11.1. The van der Waals surface area contributed by atoms with Crippen molar-refractivity contribution in [2.24, 2.45) is 0 Å². The van der Waals surface area contributed by atoms with Crippen LogP contribution in [-0.2, 0) is 4.79 Å². The summed E-state index contributed by atoms with van der Waals surface area (Å²) in [6, 6.07) is 16.7. The molecule has 0 aromatic heterocycles. The maximum atomic E-state index is 13.7. The molecule has 0 spiro atoms. The minimum atomic E-state index is -3.57. The van der Waals surface area contributed by atoms with Gasteiger partial charge in [-0.2, -0.15) is 8.78 Å². The summed E-state index contributed by atoms with van der Waals surface area (Å²) in [4.78, 5) is 24.9. The number of alkyl halides is 2. The van der Waals surface area contributed by atoms with Gasteiger partial charge in [-0.15, -0.1) is 0 Å². The van der Waals surface area contributed by atoms with Crippen molar-refractivity contribution in [1.82, 2.24) is 10.6 Å². The largest absolute Gasteiger partial charge is 0.486 e. The molecule has 1 aliphatic carbocycles. The van der Waals surface area contributed by atoms with Gasteiger partial charge in [-0.3, -0.25) is 9.59 Å². The minimum absolute atomic E-state index is 0.121. The molecule has 0 radical (unpaired) electrons. The Bertz CT molecular complexity index is 1520. The van der Waals surface area contributed by atoms with Crippen molar-refractivity contribution in [3.05, 3.63) is 77.4 Å². The van der Waals surface area contributed by atoms with Crippen LogP contribution in [0.4, 0.5) is 20.2 Å². The number of carbonyl (C=O) groups excluding carboxylic acids is 2. The molecular formula is C33H36F2N4O5. The van der Waals surface area contributed by atoms with Gasteiger partial charge in [0.2, 0.25) is 0 Å². The molecule has 9 nitrogen and oxygen atoms in total. The van der Waals surface area contributed by atoms with Crippen LogP contribution in [0.1, 0.15) is 67.1 Å². The topological polar surface area (TPSA) is 122 Å². The molecule has 0 bridgehead atoms. The molecule has 232 valence electrons. The Morgan fingerprint density at radius 3 is 2.50 bits per heavy atom. The summed E-state index contributed by atoms with van der Waals surface area (Å²) in [5.41, 5.74) is 2.87. The molecule has 0 saturated heterocycles. The number of hydrogen-bond donors (Lipinski definition) is 4. The molecule has 2 unspecified atom stereocenters. The number of amides is 2. The highest BCUT2D eigenvalue weighted by Crippen LogP contribution is 2.36. The molecule has 1 fully saturated rings. The first-order valence-corrected chi connectivity index (χ1v) is 14.7. The fraction of sp³-hybridized carbons (Fsp3) is 0.364. The van der Waals surface area contributed by atoms with Crippen LogP contribution < -0.4 is 30.2 Å². The van der Waals surface area contributed by atoms with Gasteiger partial charge in [0.1, 0.15) is 25.1 Å². The van der Waals surface area contributed by atoms with E-state index in [1.54, 1.807) is 61.5 Å². The fourth-order valence-electron chi connectivity index (χ4n) is 5.33. The van der Waals surface area contributed by atoms with E-state index in [0.717, 1.165) is 31.9 Å². The number of rotatable bonds is 11. The van der Waals surface area contributed by atoms with E-state index in [9.17, 15) is 18.4 Å². The van der Waals surface area contributed by atoms with Gasteiger partial charge in [0, 0.05) is 41.7 Å². The van der Waals surface area contributed by atoms with Crippen LogP contribution in [0.3, 0.4) is 0 Å². The summed E-state index contributed by atoms with van der Waals surface area (Å²) in [6.07, 6.45) is 4.51. The molecule has 3 aromatic carbocycles. The van der Waals surface area contributed by atoms with Gasteiger partial charge in [-0.25, -0.2) is 0 Å². The lowest BCUT2D eigenvalue weighted by atomic mass is 10.0. The van der Waals surface area contributed by atoms with Crippen molar-refractivity contribution in [2.75, 3.05) is 18.5 Å². The molecule has 2 amide bonds. The molecule has 3 aromatic rings. The Labute approximate surface area is 254 Å². The zero-order chi connectivity index (χ0) is 31.3. The first kappa shape index (κ1) is 30.8. The average molecular weight is 607 g/mol. The number of halogens is 2. The molecule has 4 N–H and O–H groups in total. The van der Waals surface area contributed by atoms with Gasteiger partial charge < -0.3 is 35.6 Å². The van der Waals surface area contributed by atoms with Crippen molar-refractivity contribution in [1.29, 1.82) is 5.41 Å². The molecule has 11 heteroatoms. The summed E-state index contributed by atoms with van der Waals surface area (Å²) >= 11 is 0. The van der Waals surface area contributed by atoms with Crippen LogP contribution in [0.15, 0.2) is 60.7 Å². The van der Waals surface area contributed by atoms with Crippen LogP contribution in [-0.4, -0.2) is 49.2 Å². The van der Waals surface area contributed by atoms with Crippen LogP contribution in [0.5, 0.6) is 17.2 Å². The van der Waals surface area contributed by atoms with E-state index in [1.807, 2.05) is 6.07 Å². The van der Waals surface area contributed by atoms with Crippen molar-refractivity contribution in [3.63, 3.8) is 0 Å². The SMILES string of the molecule is CC(NC(=O)C(C)(F)F)C(Oc1ccc(Nc2cccc(C(=O)NC3CCCC3)c2)c(C=N)c1)c1ccc2c(c1)OCCO2. The molecule has 2 aliphatic rings. The number of ether oxygens (including phenoxy) is 3. The third-order valence-electron chi connectivity index (χ3n) is 7.64. The average Bonchev–Trinajstić information content (AvgIpc) is 3.53. The summed E-state index contributed by atoms with van der Waals surface area (Å²) < 4.78 is 45.0. The number of nitrogens with one attached hydrogen (secondary N) is 4. The van der Waals surface area contributed by atoms with Crippen molar-refractivity contribution in [3.8, 4) is 17.2 Å². The highest BCUT2D eigenvalue weighted by molar-refractivity contribution is 5.96. The second-order valence-corrected chi connectivity index (χ2v) is 11.1. The Morgan fingerprint density at radius 1 is 1.02 bits per heavy atom. The number of fused-ring (bicyclic) bond motifs is 1. The van der Waals surface area contributed by atoms with E-state index in [0.29, 0.717) is 65.5 Å². The van der Waals surface area contributed by atoms with Crippen molar-refractivity contribution in [2.45, 2.75) is 63.6 Å². The van der Waals surface area contributed by atoms with Gasteiger partial charge in [0.25, 0.3) is 11.8 Å². The van der Waals surface area contributed by atoms with Gasteiger partial charge in [0.15, 0.2) is 11.5 Å². The molecular weight excluding hydrogens is 570 g/mol. The Balaban J connectivity index is 1.36. The second kappa shape index (κ2) is 13.3. The third kappa shape index (κ3) is 7.45. The third-order valence-corrected chi connectivity index (χ3v) is 7.64. The van der Waals surface area contributed by atoms with E-state index in [2.05, 4.69) is 16.0 Å². The minimum Gasteiger partial charge on any atom is -0.486 e. The molecule has 44 heavy (non-hydrogen) atoms. The van der Waals surface area contributed by atoms with Crippen molar-refractivity contribution >= 4 is 29.4 Å². The Hall–Kier alpha value is -4.67. The van der Waals surface area contributed by atoms with Gasteiger partial charge in [0.05, 0.1) is 6.04 Å². The first-order valence-electron chi connectivity index (χ1n) is 14.7. The Kier molecular flexibility index (Phi) is 9.32. The van der Waals surface area contributed by atoms with E-state index >= 15 is 0 Å². The smallest absolute Gasteiger partial charge is 0.321 e. The summed E-state index contributed by atoms with van der Waals surface area (Å²) in [5, 5.41) is 16.7. The highest BCUT2D eigenvalue weighted by Gasteiger charge is 2.35. The number of hydrogen-bond acceptors (Lipinski definition) is 7. The molecule has 1 heterocycles. The first-order chi connectivity index (χ1) is 21.1. The maximum absolute atomic E-state index is 13.7. The predicted octanol–water partition coefficient (Wildman–Crippen LogP) is 6.15. The van der Waals surface area contributed by atoms with Crippen LogP contribution in [0, 0.1) is 5.41 Å². The fourth-order valence-corrected chi connectivity index (χ4v) is 5.33. The molecule has 1 saturated carbocycles. The predicted molar refractivity (Wildman–Crippen MR) is 163 cm³/mol. The monoisotopic (exact) mass is 606 g/mol. The zero-order valence-electron chi connectivity index (χ0n) is 24.6. The number of anilines is 2. The Morgan fingerprint density at radius 2 is 1.77 bits per heavy atom. The maximum Gasteiger partial charge on any atom is 0.321 e. The zero-order valence-corrected chi connectivity index (χ0v) is 24.6. The number of benzene rings is 3. The lowest BCUT2D eigenvalue weighted by molar-refractivity contribution is -0.144. The number of carbonyl (C=O) groups is 2. The van der Waals surface area contributed by atoms with Gasteiger partial charge >= 0.3 is 5.92 Å². The lowest BCUT2D eigenvalue weighted by Gasteiger charge is -2.29. The van der Waals surface area contributed by atoms with E-state index < -0.39 is 24.0 Å². The summed E-state index contributed by atoms with van der Waals surface area (Å²) in [5.74, 6) is -3.72. The molecule has 2 atom stereocenters. The standard InChI is InChI=1S/C33H36F2N4O5/c1-20(37-32(41)33(2,34)35)30(21-10-13-28-29(18-21)43-15-14-42-28)44-26-11-12-27(23(17-26)19-36)38-25-9-5-6-22(16-25)31(40)39-24-7-3-4-8-24/h5-6,9-13,16-20,24,30,36,38H,3-4,7-8,14-15H2,1-2H3,(H,37,41)(H,39,40). The van der Waals surface area contributed by atoms with E-state index in [1.165, 1.54) is 0 Å². The van der Waals surface area contributed by atoms with Gasteiger partial charge in [-0.05, 0) is 73.9 Å². The van der Waals surface area contributed by atoms with Gasteiger partial charge in [-0.1, -0.05) is 25.0 Å². The van der Waals surface area contributed by atoms with E-state index in [-0.39, 0.29) is 11.9 Å². The van der Waals surface area contributed by atoms with E-state index in [4.69, 9.17) is 19.6 Å². The van der Waals surface area contributed by atoms with Crippen LogP contribution in [0.25, 0.3) is 0 Å². The lowest BCUT2D eigenvalue weighted by Crippen LogP contribution is -2.46. The molecule has 1 aliphatic heterocycles. The normalized spacial score (nSPS) is 16.0. The summed E-state index contributed by atoms with van der Waals surface area (Å²) in [6.45, 7) is 2.89.